The fourth-order valence-corrected chi connectivity index (χ4v) is 2.09. The topological polar surface area (TPSA) is 53.4 Å². The number of benzene rings is 1. The van der Waals surface area contributed by atoms with E-state index in [-0.39, 0.29) is 5.69 Å². The first-order valence-electron chi connectivity index (χ1n) is 6.59. The van der Waals surface area contributed by atoms with E-state index in [9.17, 15) is 4.79 Å². The molecule has 0 unspecified atom stereocenters. The van der Waals surface area contributed by atoms with Crippen LogP contribution in [0.4, 0.5) is 5.69 Å². The van der Waals surface area contributed by atoms with Crippen molar-refractivity contribution >= 4 is 11.7 Å². The molecule has 2 aromatic rings. The van der Waals surface area contributed by atoms with Crippen molar-refractivity contribution < 1.29 is 9.90 Å². The van der Waals surface area contributed by atoms with Gasteiger partial charge in [-0.2, -0.15) is 0 Å². The highest BCUT2D eigenvalue weighted by Gasteiger charge is 2.12. The summed E-state index contributed by atoms with van der Waals surface area (Å²) in [5, 5.41) is 9.14. The Balaban J connectivity index is 2.18. The first kappa shape index (κ1) is 14.1. The summed E-state index contributed by atoms with van der Waals surface area (Å²) in [4.78, 5) is 17.1. The molecular weight excluding hydrogens is 252 g/mol. The van der Waals surface area contributed by atoms with Crippen molar-refractivity contribution in [1.82, 2.24) is 4.98 Å². The summed E-state index contributed by atoms with van der Waals surface area (Å²) in [5.41, 5.74) is 3.17. The van der Waals surface area contributed by atoms with Gasteiger partial charge in [0.15, 0.2) is 5.69 Å². The zero-order valence-corrected chi connectivity index (χ0v) is 11.7. The van der Waals surface area contributed by atoms with E-state index in [1.54, 1.807) is 12.1 Å². The van der Waals surface area contributed by atoms with Crippen LogP contribution in [0.15, 0.2) is 42.6 Å². The van der Waals surface area contributed by atoms with Gasteiger partial charge in [0, 0.05) is 31.0 Å². The fraction of sp³-hybridized carbons (Fsp3) is 0.250. The molecule has 0 aliphatic rings. The number of aromatic nitrogens is 1. The number of carboxylic acids is 1. The molecule has 104 valence electrons. The van der Waals surface area contributed by atoms with Crippen molar-refractivity contribution in [3.63, 3.8) is 0 Å². The largest absolute Gasteiger partial charge is 0.477 e. The Bertz CT molecular complexity index is 594. The highest BCUT2D eigenvalue weighted by Crippen LogP contribution is 2.17. The van der Waals surface area contributed by atoms with Gasteiger partial charge in [0.1, 0.15) is 0 Å². The molecule has 0 spiro atoms. The van der Waals surface area contributed by atoms with Gasteiger partial charge >= 0.3 is 5.97 Å². The first-order chi connectivity index (χ1) is 9.61. The zero-order valence-electron chi connectivity index (χ0n) is 11.7. The van der Waals surface area contributed by atoms with E-state index >= 15 is 0 Å². The Kier molecular flexibility index (Phi) is 4.35. The number of rotatable bonds is 5. The number of hydrogen-bond acceptors (Lipinski definition) is 3. The molecule has 1 heterocycles. The second kappa shape index (κ2) is 6.19. The van der Waals surface area contributed by atoms with Gasteiger partial charge in [-0.05, 0) is 30.2 Å². The molecule has 0 saturated carbocycles. The summed E-state index contributed by atoms with van der Waals surface area (Å²) in [5.74, 6) is -0.990. The maximum atomic E-state index is 11.1. The molecule has 0 atom stereocenters. The van der Waals surface area contributed by atoms with Crippen LogP contribution in [0, 0.1) is 0 Å². The Morgan fingerprint density at radius 1 is 1.25 bits per heavy atom. The normalized spacial score (nSPS) is 10.3. The van der Waals surface area contributed by atoms with Crippen LogP contribution < -0.4 is 4.90 Å². The Morgan fingerprint density at radius 2 is 1.95 bits per heavy atom. The van der Waals surface area contributed by atoms with Gasteiger partial charge in [0.25, 0.3) is 0 Å². The standard InChI is InChI=1S/C16H18N2O2/c1-3-12-6-8-14(9-7-12)18(2)11-13-5-4-10-17-15(13)16(19)20/h4-10H,3,11H2,1-2H3,(H,19,20). The molecule has 0 aliphatic heterocycles. The van der Waals surface area contributed by atoms with E-state index < -0.39 is 5.97 Å². The van der Waals surface area contributed by atoms with Crippen molar-refractivity contribution in [2.45, 2.75) is 19.9 Å². The van der Waals surface area contributed by atoms with E-state index in [1.165, 1.54) is 11.8 Å². The predicted octanol–water partition coefficient (Wildman–Crippen LogP) is 2.98. The maximum Gasteiger partial charge on any atom is 0.354 e. The average molecular weight is 270 g/mol. The number of carbonyl (C=O) groups is 1. The van der Waals surface area contributed by atoms with E-state index in [1.807, 2.05) is 11.9 Å². The molecule has 0 bridgehead atoms. The van der Waals surface area contributed by atoms with Crippen molar-refractivity contribution in [2.75, 3.05) is 11.9 Å². The smallest absolute Gasteiger partial charge is 0.354 e. The molecule has 20 heavy (non-hydrogen) atoms. The SMILES string of the molecule is CCc1ccc(N(C)Cc2cccnc2C(=O)O)cc1. The third-order valence-electron chi connectivity index (χ3n) is 3.29. The van der Waals surface area contributed by atoms with E-state index in [0.29, 0.717) is 12.1 Å². The molecule has 0 aliphatic carbocycles. The lowest BCUT2D eigenvalue weighted by atomic mass is 10.1. The van der Waals surface area contributed by atoms with Gasteiger partial charge in [-0.15, -0.1) is 0 Å². The van der Waals surface area contributed by atoms with E-state index in [4.69, 9.17) is 5.11 Å². The fourth-order valence-electron chi connectivity index (χ4n) is 2.09. The summed E-state index contributed by atoms with van der Waals surface area (Å²) in [6, 6.07) is 11.8. The average Bonchev–Trinajstić information content (AvgIpc) is 2.47. The quantitative estimate of drug-likeness (QED) is 0.907. The molecule has 1 N–H and O–H groups in total. The third kappa shape index (κ3) is 3.15. The lowest BCUT2D eigenvalue weighted by molar-refractivity contribution is 0.0689. The number of anilines is 1. The van der Waals surface area contributed by atoms with Crippen LogP contribution in [-0.4, -0.2) is 23.1 Å². The number of nitrogens with zero attached hydrogens (tertiary/aromatic N) is 2. The lowest BCUT2D eigenvalue weighted by Gasteiger charge is -2.20. The summed E-state index contributed by atoms with van der Waals surface area (Å²) in [7, 11) is 1.94. The van der Waals surface area contributed by atoms with E-state index in [0.717, 1.165) is 12.1 Å². The number of pyridine rings is 1. The minimum Gasteiger partial charge on any atom is -0.477 e. The van der Waals surface area contributed by atoms with Crippen molar-refractivity contribution in [1.29, 1.82) is 0 Å². The lowest BCUT2D eigenvalue weighted by Crippen LogP contribution is -2.19. The molecule has 0 saturated heterocycles. The van der Waals surface area contributed by atoms with Crippen LogP contribution in [0.3, 0.4) is 0 Å². The molecule has 4 heteroatoms. The number of hydrogen-bond donors (Lipinski definition) is 1. The molecular formula is C16H18N2O2. The highest BCUT2D eigenvalue weighted by molar-refractivity contribution is 5.87. The Morgan fingerprint density at radius 3 is 2.55 bits per heavy atom. The molecule has 4 nitrogen and oxygen atoms in total. The van der Waals surface area contributed by atoms with Crippen LogP contribution in [0.2, 0.25) is 0 Å². The second-order valence-corrected chi connectivity index (χ2v) is 4.69. The molecule has 0 radical (unpaired) electrons. The van der Waals surface area contributed by atoms with Gasteiger partial charge in [-0.25, -0.2) is 9.78 Å². The van der Waals surface area contributed by atoms with Crippen LogP contribution in [0.1, 0.15) is 28.5 Å². The number of aromatic carboxylic acids is 1. The second-order valence-electron chi connectivity index (χ2n) is 4.69. The van der Waals surface area contributed by atoms with E-state index in [2.05, 4.69) is 36.2 Å². The van der Waals surface area contributed by atoms with Crippen LogP contribution >= 0.6 is 0 Å². The van der Waals surface area contributed by atoms with Gasteiger partial charge in [-0.3, -0.25) is 0 Å². The summed E-state index contributed by atoms with van der Waals surface area (Å²) < 4.78 is 0. The minimum atomic E-state index is -0.990. The predicted molar refractivity (Wildman–Crippen MR) is 79.1 cm³/mol. The molecule has 0 fully saturated rings. The third-order valence-corrected chi connectivity index (χ3v) is 3.29. The van der Waals surface area contributed by atoms with Gasteiger partial charge in [0.05, 0.1) is 0 Å². The van der Waals surface area contributed by atoms with Gasteiger partial charge in [0.2, 0.25) is 0 Å². The Labute approximate surface area is 118 Å². The van der Waals surface area contributed by atoms with Crippen molar-refractivity contribution in [2.24, 2.45) is 0 Å². The summed E-state index contributed by atoms with van der Waals surface area (Å²) in [6.07, 6.45) is 2.51. The van der Waals surface area contributed by atoms with Crippen LogP contribution in [0.5, 0.6) is 0 Å². The van der Waals surface area contributed by atoms with Crippen molar-refractivity contribution in [3.8, 4) is 0 Å². The zero-order chi connectivity index (χ0) is 14.5. The van der Waals surface area contributed by atoms with Gasteiger partial charge < -0.3 is 10.0 Å². The molecule has 0 amide bonds. The maximum absolute atomic E-state index is 11.1. The first-order valence-corrected chi connectivity index (χ1v) is 6.59. The summed E-state index contributed by atoms with van der Waals surface area (Å²) >= 11 is 0. The number of carboxylic acid groups (broad SMARTS) is 1. The molecule has 1 aromatic carbocycles. The molecule has 1 aromatic heterocycles. The summed E-state index contributed by atoms with van der Waals surface area (Å²) in [6.45, 7) is 2.63. The van der Waals surface area contributed by atoms with Crippen LogP contribution in [-0.2, 0) is 13.0 Å². The van der Waals surface area contributed by atoms with Crippen molar-refractivity contribution in [3.05, 3.63) is 59.4 Å². The minimum absolute atomic E-state index is 0.115. The van der Waals surface area contributed by atoms with Crippen LogP contribution in [0.25, 0.3) is 0 Å². The van der Waals surface area contributed by atoms with Gasteiger partial charge in [-0.1, -0.05) is 25.1 Å². The molecule has 2 rings (SSSR count). The monoisotopic (exact) mass is 270 g/mol. The number of aryl methyl sites for hydroxylation is 1. The Hall–Kier alpha value is -2.36. The highest BCUT2D eigenvalue weighted by atomic mass is 16.4.